The van der Waals surface area contributed by atoms with Gasteiger partial charge in [0.1, 0.15) is 17.2 Å². The molecule has 0 unspecified atom stereocenters. The van der Waals surface area contributed by atoms with Crippen molar-refractivity contribution in [2.75, 3.05) is 27.4 Å². The van der Waals surface area contributed by atoms with Crippen molar-refractivity contribution in [3.8, 4) is 11.5 Å². The van der Waals surface area contributed by atoms with Gasteiger partial charge in [-0.1, -0.05) is 6.92 Å². The molecule has 1 heterocycles. The van der Waals surface area contributed by atoms with Gasteiger partial charge in [0.05, 0.1) is 32.0 Å². The van der Waals surface area contributed by atoms with E-state index in [1.54, 1.807) is 32.4 Å². The first-order chi connectivity index (χ1) is 13.2. The fourth-order valence-electron chi connectivity index (χ4n) is 2.94. The first-order valence-corrected chi connectivity index (χ1v) is 9.71. The van der Waals surface area contributed by atoms with E-state index < -0.39 is 24.0 Å². The lowest BCUT2D eigenvalue weighted by molar-refractivity contribution is 0.00578. The third-order valence-corrected chi connectivity index (χ3v) is 5.33. The van der Waals surface area contributed by atoms with Crippen LogP contribution >= 0.6 is 0 Å². The lowest BCUT2D eigenvalue weighted by Gasteiger charge is -2.32. The Morgan fingerprint density at radius 1 is 1.04 bits per heavy atom. The molecule has 0 saturated carbocycles. The predicted octanol–water partition coefficient (Wildman–Crippen LogP) is 4.83. The van der Waals surface area contributed by atoms with Gasteiger partial charge in [-0.3, -0.25) is 0 Å². The van der Waals surface area contributed by atoms with E-state index in [9.17, 15) is 0 Å². The minimum atomic E-state index is -1.07. The van der Waals surface area contributed by atoms with Gasteiger partial charge in [0.15, 0.2) is 0 Å². The van der Waals surface area contributed by atoms with Crippen molar-refractivity contribution in [2.24, 2.45) is 0 Å². The molecule has 1 aromatic carbocycles. The van der Waals surface area contributed by atoms with Crippen molar-refractivity contribution in [1.29, 1.82) is 0 Å². The molecule has 1 fully saturated rings. The first-order valence-electron chi connectivity index (χ1n) is 9.71. The lowest BCUT2D eigenvalue weighted by Crippen LogP contribution is -2.41. The molecule has 0 spiro atoms. The molecule has 0 aliphatic carbocycles. The quantitative estimate of drug-likeness (QED) is 0.443. The molecule has 0 N–H and O–H groups in total. The molecule has 1 aromatic rings. The van der Waals surface area contributed by atoms with Crippen LogP contribution in [0, 0.1) is 0 Å². The average molecular weight is 394 g/mol. The van der Waals surface area contributed by atoms with Gasteiger partial charge in [0, 0.05) is 18.2 Å². The summed E-state index contributed by atoms with van der Waals surface area (Å²) in [6.07, 6.45) is 1.28. The summed E-state index contributed by atoms with van der Waals surface area (Å²) in [4.78, 5) is 0. The van der Waals surface area contributed by atoms with E-state index in [0.29, 0.717) is 42.3 Å². The van der Waals surface area contributed by atoms with Gasteiger partial charge >= 0.3 is 7.12 Å². The average Bonchev–Trinajstić information content (AvgIpc) is 2.88. The van der Waals surface area contributed by atoms with E-state index in [2.05, 4.69) is 0 Å². The summed E-state index contributed by atoms with van der Waals surface area (Å²) in [6.45, 7) is 10.7. The van der Waals surface area contributed by atoms with Crippen LogP contribution in [0.15, 0.2) is 23.9 Å². The third-order valence-electron chi connectivity index (χ3n) is 5.33. The number of halogens is 1. The van der Waals surface area contributed by atoms with Gasteiger partial charge in [0.25, 0.3) is 0 Å². The highest BCUT2D eigenvalue weighted by molar-refractivity contribution is 6.55. The summed E-state index contributed by atoms with van der Waals surface area (Å²) >= 11 is 0. The van der Waals surface area contributed by atoms with Gasteiger partial charge in [0.2, 0.25) is 0 Å². The van der Waals surface area contributed by atoms with Crippen LogP contribution in [0.3, 0.4) is 0 Å². The fourth-order valence-corrected chi connectivity index (χ4v) is 2.94. The van der Waals surface area contributed by atoms with Crippen molar-refractivity contribution in [2.45, 2.75) is 58.7 Å². The summed E-state index contributed by atoms with van der Waals surface area (Å²) in [5, 5.41) is 0. The van der Waals surface area contributed by atoms with Gasteiger partial charge < -0.3 is 23.5 Å². The second-order valence-electron chi connectivity index (χ2n) is 7.84. The zero-order chi connectivity index (χ0) is 20.9. The predicted molar refractivity (Wildman–Crippen MR) is 109 cm³/mol. The van der Waals surface area contributed by atoms with Crippen LogP contribution < -0.4 is 9.47 Å². The van der Waals surface area contributed by atoms with Crippen molar-refractivity contribution < 1.29 is 27.9 Å². The van der Waals surface area contributed by atoms with Crippen molar-refractivity contribution in [1.82, 2.24) is 0 Å². The van der Waals surface area contributed by atoms with Crippen LogP contribution in [0.1, 0.15) is 53.0 Å². The van der Waals surface area contributed by atoms with E-state index >= 15 is 4.39 Å². The number of hydrogen-bond donors (Lipinski definition) is 0. The number of methoxy groups -OCH3 is 2. The topological polar surface area (TPSA) is 46.2 Å². The Morgan fingerprint density at radius 3 is 2.21 bits per heavy atom. The normalized spacial score (nSPS) is 18.8. The molecule has 0 atom stereocenters. The summed E-state index contributed by atoms with van der Waals surface area (Å²) < 4.78 is 43.8. The first kappa shape index (κ1) is 22.7. The second-order valence-corrected chi connectivity index (χ2v) is 7.84. The van der Waals surface area contributed by atoms with Gasteiger partial charge in [-0.25, -0.2) is 4.39 Å². The van der Waals surface area contributed by atoms with Gasteiger partial charge in [-0.05, 0) is 58.2 Å². The van der Waals surface area contributed by atoms with E-state index in [0.717, 1.165) is 6.42 Å². The van der Waals surface area contributed by atoms with Crippen LogP contribution in [0.25, 0.3) is 5.57 Å². The molecule has 0 amide bonds. The monoisotopic (exact) mass is 394 g/mol. The highest BCUT2D eigenvalue weighted by Gasteiger charge is 2.53. The Kier molecular flexibility index (Phi) is 7.54. The maximum atomic E-state index is 15.6. The smallest absolute Gasteiger partial charge is 0.497 e. The largest absolute Gasteiger partial charge is 0.525 e. The molecule has 0 bridgehead atoms. The van der Waals surface area contributed by atoms with Gasteiger partial charge in [-0.2, -0.15) is 0 Å². The summed E-state index contributed by atoms with van der Waals surface area (Å²) in [7, 11) is 2.06. The molecule has 7 heteroatoms. The van der Waals surface area contributed by atoms with Crippen LogP contribution in [-0.2, 0) is 14.0 Å². The van der Waals surface area contributed by atoms with E-state index in [-0.39, 0.29) is 0 Å². The summed E-state index contributed by atoms with van der Waals surface area (Å²) in [5.74, 6) is 1.16. The van der Waals surface area contributed by atoms with E-state index in [4.69, 9.17) is 23.5 Å². The molecule has 1 aliphatic heterocycles. The highest BCUT2D eigenvalue weighted by Crippen LogP contribution is 2.42. The summed E-state index contributed by atoms with van der Waals surface area (Å²) in [6, 6.07) is 5.31. The Bertz CT molecular complexity index is 686. The van der Waals surface area contributed by atoms with E-state index in [1.165, 1.54) is 0 Å². The number of rotatable bonds is 9. The Hall–Kier alpha value is -1.57. The zero-order valence-electron chi connectivity index (χ0n) is 18.1. The molecular formula is C21H32BFO5. The Labute approximate surface area is 168 Å². The molecule has 0 radical (unpaired) electrons. The van der Waals surface area contributed by atoms with Crippen LogP contribution in [0.2, 0.25) is 0 Å². The van der Waals surface area contributed by atoms with Gasteiger partial charge in [-0.15, -0.1) is 0 Å². The molecular weight excluding hydrogens is 362 g/mol. The zero-order valence-corrected chi connectivity index (χ0v) is 18.1. The van der Waals surface area contributed by atoms with Crippen molar-refractivity contribution in [3.05, 3.63) is 29.5 Å². The minimum Gasteiger partial charge on any atom is -0.497 e. The lowest BCUT2D eigenvalue weighted by atomic mass is 9.81. The maximum absolute atomic E-state index is 15.6. The van der Waals surface area contributed by atoms with Crippen LogP contribution in [0.5, 0.6) is 11.5 Å². The van der Waals surface area contributed by atoms with Crippen LogP contribution in [-0.4, -0.2) is 45.8 Å². The van der Waals surface area contributed by atoms with Crippen LogP contribution in [0.4, 0.5) is 4.39 Å². The van der Waals surface area contributed by atoms with E-state index in [1.807, 2.05) is 34.6 Å². The number of ether oxygens (including phenoxy) is 3. The minimum absolute atomic E-state index is 0.374. The third kappa shape index (κ3) is 4.88. The van der Waals surface area contributed by atoms with Crippen molar-refractivity contribution >= 4 is 12.7 Å². The standard InChI is InChI=1S/C21H32BFO5/c1-8-12-26-13-11-17(16-10-9-15(24-6)14-18(16)25-7)19(23)22-27-20(2,3)21(4,5)28-22/h9-10,14H,8,11-13H2,1-7H3. The Morgan fingerprint density at radius 2 is 1.68 bits per heavy atom. The second kappa shape index (κ2) is 9.29. The molecule has 2 rings (SSSR count). The SMILES string of the molecule is CCCOCCC(=C(F)B1OC(C)(C)C(C)(C)O1)c1ccc(OC)cc1OC. The fraction of sp³-hybridized carbons (Fsp3) is 0.619. The highest BCUT2D eigenvalue weighted by atomic mass is 19.1. The maximum Gasteiger partial charge on any atom is 0.525 e. The molecule has 28 heavy (non-hydrogen) atoms. The number of benzene rings is 1. The summed E-state index contributed by atoms with van der Waals surface area (Å²) in [5.41, 5.74) is -0.613. The molecule has 5 nitrogen and oxygen atoms in total. The number of hydrogen-bond acceptors (Lipinski definition) is 5. The van der Waals surface area contributed by atoms with Crippen molar-refractivity contribution in [3.63, 3.8) is 0 Å². The Balaban J connectivity index is 2.43. The molecule has 1 aliphatic rings. The molecule has 156 valence electrons. The molecule has 1 saturated heterocycles. The molecule has 0 aromatic heterocycles.